The predicted molar refractivity (Wildman–Crippen MR) is 269 cm³/mol. The summed E-state index contributed by atoms with van der Waals surface area (Å²) in [5.74, 6) is -38.7. The fraction of sp³-hybridized carbons (Fsp3) is 0.200. The molecule has 9 atom stereocenters. The van der Waals surface area contributed by atoms with Gasteiger partial charge >= 0.3 is 29.8 Å². The smallest absolute Gasteiger partial charge is 0.339 e. The molecule has 6 aromatic rings. The average Bonchev–Trinajstić information content (AvgIpc) is 1.50. The highest BCUT2D eigenvalue weighted by atomic mass is 16.6. The summed E-state index contributed by atoms with van der Waals surface area (Å²) < 4.78 is 42.3. The summed E-state index contributed by atoms with van der Waals surface area (Å²) in [4.78, 5) is 90.2. The number of carbonyl (C=O) groups excluding carboxylic acids is 6. The van der Waals surface area contributed by atoms with Crippen molar-refractivity contribution < 1.29 is 154 Å². The Hall–Kier alpha value is -11.8. The molecule has 0 radical (unpaired) electrons. The fourth-order valence-corrected chi connectivity index (χ4v) is 11.8. The third kappa shape index (κ3) is 7.56. The second kappa shape index (κ2) is 18.6. The van der Waals surface area contributed by atoms with E-state index in [0.29, 0.717) is 30.3 Å². The van der Waals surface area contributed by atoms with Gasteiger partial charge in [-0.05, 0) is 42.5 Å². The fourth-order valence-electron chi connectivity index (χ4n) is 11.8. The lowest BCUT2D eigenvalue weighted by atomic mass is 9.66. The number of aliphatic hydroxyl groups is 2. The second-order valence-electron chi connectivity index (χ2n) is 20.3. The van der Waals surface area contributed by atoms with E-state index in [4.69, 9.17) is 33.2 Å². The summed E-state index contributed by atoms with van der Waals surface area (Å²) in [5.41, 5.74) is -13.4. The Labute approximate surface area is 474 Å². The number of rotatable bonds is 4. The van der Waals surface area contributed by atoms with Crippen LogP contribution in [0, 0.1) is 5.92 Å². The van der Waals surface area contributed by atoms with Crippen LogP contribution in [0.1, 0.15) is 75.7 Å². The van der Waals surface area contributed by atoms with Crippen LogP contribution in [-0.4, -0.2) is 170 Å². The molecule has 31 heteroatoms. The van der Waals surface area contributed by atoms with Crippen LogP contribution in [0.15, 0.2) is 54.3 Å². The van der Waals surface area contributed by atoms with E-state index < -0.39 is 262 Å². The van der Waals surface area contributed by atoms with Crippen LogP contribution in [0.4, 0.5) is 0 Å². The maximum absolute atomic E-state index is 15.5. The largest absolute Gasteiger partial charge is 0.507 e. The molecule has 1 saturated heterocycles. The van der Waals surface area contributed by atoms with E-state index in [1.54, 1.807) is 0 Å². The van der Waals surface area contributed by atoms with Crippen LogP contribution in [-0.2, 0) is 39.7 Å². The maximum atomic E-state index is 15.5. The van der Waals surface area contributed by atoms with Crippen LogP contribution in [0.5, 0.6) is 103 Å². The summed E-state index contributed by atoms with van der Waals surface area (Å²) in [6.45, 7) is -1.59. The van der Waals surface area contributed by atoms with E-state index in [1.165, 1.54) is 0 Å². The van der Waals surface area contributed by atoms with Crippen LogP contribution in [0.3, 0.4) is 0 Å². The molecular formula is C55H38O31. The molecule has 444 valence electrons. The minimum Gasteiger partial charge on any atom is -0.507 e. The van der Waals surface area contributed by atoms with Gasteiger partial charge in [-0.15, -0.1) is 0 Å². The van der Waals surface area contributed by atoms with Crippen molar-refractivity contribution in [1.82, 2.24) is 0 Å². The molecule has 0 aromatic heterocycles. The summed E-state index contributed by atoms with van der Waals surface area (Å²) in [7, 11) is 0. The first-order chi connectivity index (χ1) is 40.6. The Balaban J connectivity index is 1.15. The van der Waals surface area contributed by atoms with Gasteiger partial charge in [0.25, 0.3) is 0 Å². The van der Waals surface area contributed by atoms with E-state index in [0.717, 1.165) is 18.2 Å². The summed E-state index contributed by atoms with van der Waals surface area (Å²) >= 11 is 0. The molecule has 0 saturated carbocycles. The van der Waals surface area contributed by atoms with E-state index in [2.05, 4.69) is 0 Å². The molecule has 6 aliphatic rings. The summed E-state index contributed by atoms with van der Waals surface area (Å²) in [5, 5.41) is 197. The predicted octanol–water partition coefficient (Wildman–Crippen LogP) is 2.15. The third-order valence-corrected chi connectivity index (χ3v) is 15.6. The highest BCUT2D eigenvalue weighted by Gasteiger charge is 2.76. The maximum Gasteiger partial charge on any atom is 0.339 e. The monoisotopic (exact) mass is 1190 g/mol. The minimum absolute atomic E-state index is 0.286. The quantitative estimate of drug-likeness (QED) is 0.0683. The number of ketones is 1. The first kappa shape index (κ1) is 54.8. The zero-order valence-corrected chi connectivity index (χ0v) is 42.5. The number of carbonyl (C=O) groups is 6. The van der Waals surface area contributed by atoms with Crippen molar-refractivity contribution in [3.05, 3.63) is 98.8 Å². The zero-order chi connectivity index (χ0) is 61.9. The molecule has 18 N–H and O–H groups in total. The summed E-state index contributed by atoms with van der Waals surface area (Å²) in [6.07, 6.45) is -15.4. The van der Waals surface area contributed by atoms with E-state index >= 15 is 19.2 Å². The number of hydrogen-bond acceptors (Lipinski definition) is 31. The molecule has 1 spiro atoms. The number of cyclic esters (lactones) is 3. The van der Waals surface area contributed by atoms with Crippen molar-refractivity contribution in [2.75, 3.05) is 6.61 Å². The van der Waals surface area contributed by atoms with Crippen molar-refractivity contribution >= 4 is 41.2 Å². The van der Waals surface area contributed by atoms with E-state index in [9.17, 15) is 102 Å². The van der Waals surface area contributed by atoms with Gasteiger partial charge in [-0.2, -0.15) is 0 Å². The van der Waals surface area contributed by atoms with Gasteiger partial charge in [0.2, 0.25) is 28.6 Å². The van der Waals surface area contributed by atoms with Gasteiger partial charge in [-0.1, -0.05) is 0 Å². The van der Waals surface area contributed by atoms with Crippen LogP contribution >= 0.6 is 0 Å². The molecule has 31 nitrogen and oxygen atoms in total. The number of aliphatic hydroxyl groups excluding tert-OH is 2. The van der Waals surface area contributed by atoms with Crippen LogP contribution in [0.25, 0.3) is 16.7 Å². The lowest BCUT2D eigenvalue weighted by Gasteiger charge is -2.47. The molecule has 86 heavy (non-hydrogen) atoms. The van der Waals surface area contributed by atoms with Gasteiger partial charge in [0.05, 0.1) is 34.3 Å². The number of aromatic hydroxyl groups is 16. The average molecular weight is 1190 g/mol. The number of esters is 5. The molecule has 5 heterocycles. The van der Waals surface area contributed by atoms with E-state index in [1.807, 2.05) is 0 Å². The van der Waals surface area contributed by atoms with Crippen molar-refractivity contribution in [2.24, 2.45) is 5.92 Å². The normalized spacial score (nSPS) is 24.4. The Morgan fingerprint density at radius 1 is 0.512 bits per heavy atom. The molecule has 1 fully saturated rings. The topological polar surface area (TPSA) is 531 Å². The first-order valence-electron chi connectivity index (χ1n) is 24.8. The molecule has 5 aliphatic heterocycles. The first-order valence-corrected chi connectivity index (χ1v) is 24.8. The minimum atomic E-state index is -3.13. The number of phenols is 16. The number of phenolic OH excluding ortho intramolecular Hbond substituents is 16. The van der Waals surface area contributed by atoms with Crippen LogP contribution in [0.2, 0.25) is 0 Å². The van der Waals surface area contributed by atoms with Crippen molar-refractivity contribution in [3.8, 4) is 115 Å². The SMILES string of the molecule is O=C(O[C@@H]1COC(=O)c2cc(O)c(O)c(O)c2-c2c(cc(O)c(O)c2O)C(=O)O[C@H]1[C@@H]1OC(=O)c2cc(O)c(O)c(O)c2C2=C(O)C(=O)C34Oc5cc(O)c6c(c5[C@@H]3[C@@H]1OC(=O)[C@@H]24)O[C@H](c1cc(O)c(O)c(O)c1)[C@@H](O)C6)c1cc(O)c(O)c(O)c1. The van der Waals surface area contributed by atoms with E-state index in [-0.39, 0.29) is 11.1 Å². The lowest BCUT2D eigenvalue weighted by molar-refractivity contribution is -0.200. The van der Waals surface area contributed by atoms with Crippen LogP contribution < -0.4 is 9.47 Å². The highest BCUT2D eigenvalue weighted by Crippen LogP contribution is 2.67. The standard InChI is InChI=1S/C55H38O31/c56-17-9-26-31(45-13(17)5-25(64)44(82-45)11-1-18(57)35(65)19(58)2-11)33-47-48(85-53(78)16-8-24(63)39(69)42(72)30(16)32-34(54(79)84-47)55(33,86-26)49(74)43(32)73)46-27(81-50(75)12-3-20(59)36(66)21(60)4-12)10-80-51(76)14-6-22(61)37(67)40(70)28(14)29-15(52(77)83-46)7-23(62)38(68)41(29)71/h1-4,6-9,25,27,33-34,44,46-48,56-73H,5,10H2/t25-,27+,33+,34+,44+,46+,47-,48-,55?/m0/s1. The van der Waals surface area contributed by atoms with Crippen molar-refractivity contribution in [2.45, 2.75) is 54.6 Å². The molecule has 6 aromatic carbocycles. The van der Waals surface area contributed by atoms with Gasteiger partial charge in [-0.25, -0.2) is 19.2 Å². The Bertz CT molecular complexity index is 4130. The van der Waals surface area contributed by atoms with Gasteiger partial charge in [-0.3, -0.25) is 9.59 Å². The molecule has 0 amide bonds. The van der Waals surface area contributed by atoms with Crippen molar-refractivity contribution in [3.63, 3.8) is 0 Å². The number of Topliss-reactive ketones (excluding diaryl/α,β-unsaturated/α-hetero) is 1. The molecular weight excluding hydrogens is 1160 g/mol. The summed E-state index contributed by atoms with van der Waals surface area (Å²) in [6, 6.07) is 4.62. The zero-order valence-electron chi connectivity index (χ0n) is 42.5. The highest BCUT2D eigenvalue weighted by molar-refractivity contribution is 6.21. The molecule has 1 aliphatic carbocycles. The van der Waals surface area contributed by atoms with Gasteiger partial charge in [0.1, 0.15) is 29.8 Å². The number of hydrogen-bond donors (Lipinski definition) is 18. The van der Waals surface area contributed by atoms with Gasteiger partial charge in [0.15, 0.2) is 105 Å². The lowest BCUT2D eigenvalue weighted by Crippen LogP contribution is -2.65. The third-order valence-electron chi connectivity index (χ3n) is 15.6. The number of ether oxygens (including phenoxy) is 7. The van der Waals surface area contributed by atoms with Crippen molar-refractivity contribution in [1.29, 1.82) is 0 Å². The van der Waals surface area contributed by atoms with Gasteiger partial charge < -0.3 is 125 Å². The molecule has 1 unspecified atom stereocenters. The second-order valence-corrected chi connectivity index (χ2v) is 20.3. The Morgan fingerprint density at radius 2 is 1.00 bits per heavy atom. The Morgan fingerprint density at radius 3 is 1.56 bits per heavy atom. The Kier molecular flexibility index (Phi) is 11.9. The number of benzene rings is 6. The molecule has 12 rings (SSSR count). The molecule has 4 bridgehead atoms. The number of fused-ring (bicyclic) bond motifs is 8. The van der Waals surface area contributed by atoms with Gasteiger partial charge in [0, 0.05) is 51.4 Å².